The van der Waals surface area contributed by atoms with Gasteiger partial charge in [0.05, 0.1) is 18.9 Å². The molecule has 3 rings (SSSR count). The number of benzene rings is 2. The number of methoxy groups -OCH3 is 2. The van der Waals surface area contributed by atoms with E-state index in [-0.39, 0.29) is 23.8 Å². The summed E-state index contributed by atoms with van der Waals surface area (Å²) in [5, 5.41) is 0.297. The van der Waals surface area contributed by atoms with Crippen LogP contribution in [0.5, 0.6) is 11.5 Å². The van der Waals surface area contributed by atoms with E-state index in [1.165, 1.54) is 25.2 Å². The third kappa shape index (κ3) is 4.97. The third-order valence-corrected chi connectivity index (χ3v) is 5.30. The zero-order valence-electron chi connectivity index (χ0n) is 16.9. The van der Waals surface area contributed by atoms with Crippen molar-refractivity contribution in [1.82, 2.24) is 9.88 Å². The van der Waals surface area contributed by atoms with Crippen molar-refractivity contribution in [3.8, 4) is 11.5 Å². The van der Waals surface area contributed by atoms with Gasteiger partial charge in [-0.15, -0.1) is 12.4 Å². The Morgan fingerprint density at radius 2 is 1.77 bits per heavy atom. The lowest BCUT2D eigenvalue weighted by atomic mass is 10.1. The number of aromatic nitrogens is 1. The molecule has 162 valence electrons. The van der Waals surface area contributed by atoms with Crippen LogP contribution >= 0.6 is 23.7 Å². The summed E-state index contributed by atoms with van der Waals surface area (Å²) in [5.74, 6) is -0.845. The molecule has 1 heterocycles. The predicted molar refractivity (Wildman–Crippen MR) is 117 cm³/mol. The minimum absolute atomic E-state index is 0. The van der Waals surface area contributed by atoms with Crippen molar-refractivity contribution in [2.75, 3.05) is 46.3 Å². The average Bonchev–Trinajstić information content (AvgIpc) is 3.11. The highest BCUT2D eigenvalue weighted by Gasteiger charge is 2.23. The maximum Gasteiger partial charge on any atom is 0.260 e. The number of thiazole rings is 1. The lowest BCUT2D eigenvalue weighted by Gasteiger charge is -2.22. The van der Waals surface area contributed by atoms with E-state index >= 15 is 0 Å². The summed E-state index contributed by atoms with van der Waals surface area (Å²) >= 11 is 1.07. The van der Waals surface area contributed by atoms with Crippen LogP contribution in [0, 0.1) is 11.6 Å². The van der Waals surface area contributed by atoms with Crippen molar-refractivity contribution in [2.45, 2.75) is 0 Å². The number of hydrogen-bond donors (Lipinski definition) is 0. The van der Waals surface area contributed by atoms with Crippen molar-refractivity contribution in [1.29, 1.82) is 0 Å². The highest BCUT2D eigenvalue weighted by molar-refractivity contribution is 7.22. The number of nitrogens with zero attached hydrogens (tertiary/aromatic N) is 3. The highest BCUT2D eigenvalue weighted by atomic mass is 35.5. The molecule has 0 fully saturated rings. The van der Waals surface area contributed by atoms with E-state index in [0.717, 1.165) is 17.4 Å². The second-order valence-electron chi connectivity index (χ2n) is 6.56. The van der Waals surface area contributed by atoms with Gasteiger partial charge in [0.2, 0.25) is 0 Å². The van der Waals surface area contributed by atoms with E-state index in [4.69, 9.17) is 9.47 Å². The lowest BCUT2D eigenvalue weighted by Crippen LogP contribution is -2.36. The van der Waals surface area contributed by atoms with Crippen LogP contribution < -0.4 is 14.4 Å². The lowest BCUT2D eigenvalue weighted by molar-refractivity contribution is 0.0985. The maximum absolute atomic E-state index is 14.1. The number of amides is 1. The molecule has 0 saturated carbocycles. The number of likely N-dealkylation sites (N-methyl/N-ethyl adjacent to an activating group) is 1. The Morgan fingerprint density at radius 3 is 2.40 bits per heavy atom. The molecule has 0 spiro atoms. The Labute approximate surface area is 183 Å². The third-order valence-electron chi connectivity index (χ3n) is 4.28. The van der Waals surface area contributed by atoms with Crippen LogP contribution in [0.15, 0.2) is 30.3 Å². The molecule has 0 saturated heterocycles. The largest absolute Gasteiger partial charge is 0.493 e. The number of rotatable bonds is 7. The number of ether oxygens (including phenoxy) is 2. The van der Waals surface area contributed by atoms with Gasteiger partial charge in [0, 0.05) is 24.7 Å². The van der Waals surface area contributed by atoms with E-state index in [1.54, 1.807) is 18.2 Å². The fourth-order valence-electron chi connectivity index (χ4n) is 2.77. The molecule has 2 aromatic carbocycles. The molecule has 0 atom stereocenters. The molecular formula is C20H22ClF2N3O3S. The van der Waals surface area contributed by atoms with Gasteiger partial charge in [-0.2, -0.15) is 0 Å². The first kappa shape index (κ1) is 23.8. The number of halogens is 3. The molecule has 0 radical (unpaired) electrons. The normalized spacial score (nSPS) is 10.8. The van der Waals surface area contributed by atoms with Crippen LogP contribution in [0.3, 0.4) is 0 Å². The zero-order valence-corrected chi connectivity index (χ0v) is 18.6. The fraction of sp³-hybridized carbons (Fsp3) is 0.300. The Bertz CT molecular complexity index is 1050. The van der Waals surface area contributed by atoms with E-state index < -0.39 is 11.6 Å². The molecule has 3 aromatic rings. The van der Waals surface area contributed by atoms with Crippen LogP contribution in [0.1, 0.15) is 10.4 Å². The second kappa shape index (κ2) is 10.0. The van der Waals surface area contributed by atoms with Crippen LogP contribution in [0.25, 0.3) is 10.2 Å². The molecule has 0 unspecified atom stereocenters. The molecule has 0 N–H and O–H groups in total. The minimum Gasteiger partial charge on any atom is -0.493 e. The van der Waals surface area contributed by atoms with Gasteiger partial charge in [-0.1, -0.05) is 11.3 Å². The van der Waals surface area contributed by atoms with Crippen molar-refractivity contribution < 1.29 is 23.0 Å². The van der Waals surface area contributed by atoms with Gasteiger partial charge in [-0.25, -0.2) is 13.8 Å². The zero-order chi connectivity index (χ0) is 21.1. The predicted octanol–water partition coefficient (Wildman–Crippen LogP) is 4.22. The minimum atomic E-state index is -0.756. The molecule has 0 aliphatic heterocycles. The van der Waals surface area contributed by atoms with E-state index in [2.05, 4.69) is 4.98 Å². The number of fused-ring (bicyclic) bond motifs is 1. The molecular weight excluding hydrogens is 436 g/mol. The van der Waals surface area contributed by atoms with Gasteiger partial charge in [-0.3, -0.25) is 9.69 Å². The van der Waals surface area contributed by atoms with Crippen molar-refractivity contribution in [2.24, 2.45) is 0 Å². The summed E-state index contributed by atoms with van der Waals surface area (Å²) in [4.78, 5) is 20.9. The first-order valence-electron chi connectivity index (χ1n) is 8.78. The number of carbonyl (C=O) groups excluding carboxylic acids is 1. The number of carbonyl (C=O) groups is 1. The number of hydrogen-bond acceptors (Lipinski definition) is 6. The second-order valence-corrected chi connectivity index (χ2v) is 7.57. The SMILES string of the molecule is COc1ccc(C(=O)N(CCN(C)C)c2nc3c(F)cc(F)cc3s2)cc1OC.Cl. The summed E-state index contributed by atoms with van der Waals surface area (Å²) in [7, 11) is 6.76. The fourth-order valence-corrected chi connectivity index (χ4v) is 3.80. The standard InChI is InChI=1S/C20H21F2N3O3S.ClH/c1-24(2)7-8-25(19(26)12-5-6-15(27-3)16(9-12)28-4)20-23-18-14(22)10-13(21)11-17(18)29-20;/h5-6,9-11H,7-8H2,1-4H3;1H. The Hall–Kier alpha value is -2.49. The van der Waals surface area contributed by atoms with Crippen molar-refractivity contribution in [3.05, 3.63) is 47.5 Å². The first-order chi connectivity index (χ1) is 13.8. The molecule has 6 nitrogen and oxygen atoms in total. The molecule has 0 aliphatic carbocycles. The van der Waals surface area contributed by atoms with E-state index in [1.807, 2.05) is 19.0 Å². The molecule has 1 aromatic heterocycles. The van der Waals surface area contributed by atoms with Crippen LogP contribution in [0.4, 0.5) is 13.9 Å². The smallest absolute Gasteiger partial charge is 0.260 e. The van der Waals surface area contributed by atoms with Gasteiger partial charge >= 0.3 is 0 Å². The Kier molecular flexibility index (Phi) is 7.94. The van der Waals surface area contributed by atoms with Gasteiger partial charge in [-0.05, 0) is 38.4 Å². The van der Waals surface area contributed by atoms with Crippen LogP contribution in [-0.2, 0) is 0 Å². The van der Waals surface area contributed by atoms with Crippen molar-refractivity contribution in [3.63, 3.8) is 0 Å². The molecule has 30 heavy (non-hydrogen) atoms. The highest BCUT2D eigenvalue weighted by Crippen LogP contribution is 2.33. The summed E-state index contributed by atoms with van der Waals surface area (Å²) < 4.78 is 38.5. The average molecular weight is 458 g/mol. The molecule has 0 bridgehead atoms. The van der Waals surface area contributed by atoms with Crippen LogP contribution in [-0.4, -0.2) is 57.2 Å². The van der Waals surface area contributed by atoms with Gasteiger partial charge in [0.25, 0.3) is 5.91 Å². The maximum atomic E-state index is 14.1. The Balaban J connectivity index is 0.00000320. The topological polar surface area (TPSA) is 54.9 Å². The first-order valence-corrected chi connectivity index (χ1v) is 9.60. The summed E-state index contributed by atoms with van der Waals surface area (Å²) in [5.41, 5.74) is 0.411. The summed E-state index contributed by atoms with van der Waals surface area (Å²) in [6.07, 6.45) is 0. The summed E-state index contributed by atoms with van der Waals surface area (Å²) in [6.45, 7) is 0.885. The molecule has 10 heteroatoms. The van der Waals surface area contributed by atoms with Gasteiger partial charge in [0.1, 0.15) is 11.3 Å². The molecule has 0 aliphatic rings. The van der Waals surface area contributed by atoms with Crippen molar-refractivity contribution >= 4 is 45.0 Å². The quantitative estimate of drug-likeness (QED) is 0.531. The van der Waals surface area contributed by atoms with Crippen LogP contribution in [0.2, 0.25) is 0 Å². The summed E-state index contributed by atoms with van der Waals surface area (Å²) in [6, 6.07) is 6.84. The Morgan fingerprint density at radius 1 is 1.07 bits per heavy atom. The number of anilines is 1. The van der Waals surface area contributed by atoms with Gasteiger partial charge < -0.3 is 14.4 Å². The monoisotopic (exact) mass is 457 g/mol. The van der Waals surface area contributed by atoms with E-state index in [9.17, 15) is 13.6 Å². The van der Waals surface area contributed by atoms with Gasteiger partial charge in [0.15, 0.2) is 22.4 Å². The molecule has 1 amide bonds. The van der Waals surface area contributed by atoms with E-state index in [0.29, 0.717) is 40.0 Å².